The van der Waals surface area contributed by atoms with Gasteiger partial charge in [0.2, 0.25) is 0 Å². The number of pyridine rings is 1. The summed E-state index contributed by atoms with van der Waals surface area (Å²) < 4.78 is 6.15. The molecule has 3 aromatic rings. The highest BCUT2D eigenvalue weighted by atomic mass is 32.2. The number of nitrogens with two attached hydrogens (primary N) is 1. The predicted molar refractivity (Wildman–Crippen MR) is 86.9 cm³/mol. The van der Waals surface area contributed by atoms with E-state index in [2.05, 4.69) is 21.2 Å². The zero-order valence-corrected chi connectivity index (χ0v) is 13.3. The minimum atomic E-state index is 0.546. The first-order valence-corrected chi connectivity index (χ1v) is 8.12. The number of aryl methyl sites for hydroxylation is 1. The fourth-order valence-corrected chi connectivity index (χ4v) is 3.72. The van der Waals surface area contributed by atoms with E-state index in [1.807, 2.05) is 25.1 Å². The third kappa shape index (κ3) is 3.08. The smallest absolute Gasteiger partial charge is 0.174 e. The maximum atomic E-state index is 6.05. The standard InChI is InChI=1S/C14H14N4OS2/c1-8-17-18-14(21-8)20-7-10-5-9-3-4-11(19-2)6-12(9)16-13(10)15/h3-6H,7H2,1-2H3,(H2,15,16). The molecule has 3 rings (SSSR count). The quantitative estimate of drug-likeness (QED) is 0.744. The number of benzene rings is 1. The number of anilines is 1. The third-order valence-corrected chi connectivity index (χ3v) is 5.02. The lowest BCUT2D eigenvalue weighted by molar-refractivity contribution is 0.415. The van der Waals surface area contributed by atoms with Crippen molar-refractivity contribution in [3.05, 3.63) is 34.8 Å². The Balaban J connectivity index is 1.86. The summed E-state index contributed by atoms with van der Waals surface area (Å²) in [6.45, 7) is 1.95. The van der Waals surface area contributed by atoms with E-state index in [1.165, 1.54) is 0 Å². The van der Waals surface area contributed by atoms with Crippen LogP contribution in [0.3, 0.4) is 0 Å². The van der Waals surface area contributed by atoms with Crippen molar-refractivity contribution in [1.82, 2.24) is 15.2 Å². The second-order valence-corrected chi connectivity index (χ2v) is 6.87. The Morgan fingerprint density at radius 3 is 2.86 bits per heavy atom. The van der Waals surface area contributed by atoms with Gasteiger partial charge in [-0.3, -0.25) is 0 Å². The van der Waals surface area contributed by atoms with E-state index in [0.29, 0.717) is 5.82 Å². The van der Waals surface area contributed by atoms with Crippen LogP contribution in [0.25, 0.3) is 10.9 Å². The lowest BCUT2D eigenvalue weighted by Gasteiger charge is -2.07. The fourth-order valence-electron chi connectivity index (χ4n) is 1.92. The second kappa shape index (κ2) is 5.87. The molecule has 0 fully saturated rings. The lowest BCUT2D eigenvalue weighted by Crippen LogP contribution is -1.97. The third-order valence-electron chi connectivity index (χ3n) is 3.00. The Morgan fingerprint density at radius 1 is 1.29 bits per heavy atom. The van der Waals surface area contributed by atoms with Crippen molar-refractivity contribution in [2.24, 2.45) is 0 Å². The number of hydrogen-bond acceptors (Lipinski definition) is 7. The molecule has 0 radical (unpaired) electrons. The van der Waals surface area contributed by atoms with E-state index in [9.17, 15) is 0 Å². The maximum Gasteiger partial charge on any atom is 0.174 e. The molecule has 0 aliphatic heterocycles. The zero-order chi connectivity index (χ0) is 14.8. The summed E-state index contributed by atoms with van der Waals surface area (Å²) in [5.74, 6) is 2.06. The Hall–Kier alpha value is -1.86. The van der Waals surface area contributed by atoms with E-state index in [0.717, 1.165) is 37.3 Å². The number of ether oxygens (including phenoxy) is 1. The summed E-state index contributed by atoms with van der Waals surface area (Å²) in [5.41, 5.74) is 7.89. The fraction of sp³-hybridized carbons (Fsp3) is 0.214. The highest BCUT2D eigenvalue weighted by molar-refractivity contribution is 8.00. The Bertz CT molecular complexity index is 788. The van der Waals surface area contributed by atoms with Crippen molar-refractivity contribution in [2.75, 3.05) is 12.8 Å². The van der Waals surface area contributed by atoms with Crippen LogP contribution in [0.2, 0.25) is 0 Å². The van der Waals surface area contributed by atoms with Gasteiger partial charge in [0, 0.05) is 22.8 Å². The molecule has 0 bridgehead atoms. The number of rotatable bonds is 4. The van der Waals surface area contributed by atoms with Crippen molar-refractivity contribution < 1.29 is 4.74 Å². The molecule has 7 heteroatoms. The van der Waals surface area contributed by atoms with E-state index >= 15 is 0 Å². The molecular formula is C14H14N4OS2. The molecule has 2 aromatic heterocycles. The van der Waals surface area contributed by atoms with E-state index < -0.39 is 0 Å². The van der Waals surface area contributed by atoms with Crippen LogP contribution in [0.5, 0.6) is 5.75 Å². The number of fused-ring (bicyclic) bond motifs is 1. The average Bonchev–Trinajstić information content (AvgIpc) is 2.90. The zero-order valence-electron chi connectivity index (χ0n) is 11.7. The molecule has 0 saturated heterocycles. The van der Waals surface area contributed by atoms with Crippen molar-refractivity contribution in [3.8, 4) is 5.75 Å². The van der Waals surface area contributed by atoms with Gasteiger partial charge in [-0.2, -0.15) is 0 Å². The number of hydrogen-bond donors (Lipinski definition) is 1. The number of nitrogens with zero attached hydrogens (tertiary/aromatic N) is 3. The molecule has 2 heterocycles. The number of methoxy groups -OCH3 is 1. The van der Waals surface area contributed by atoms with Gasteiger partial charge in [-0.05, 0) is 25.1 Å². The predicted octanol–water partition coefficient (Wildman–Crippen LogP) is 3.28. The summed E-state index contributed by atoms with van der Waals surface area (Å²) >= 11 is 3.21. The van der Waals surface area contributed by atoms with Gasteiger partial charge in [0.25, 0.3) is 0 Å². The Labute approximate surface area is 130 Å². The maximum absolute atomic E-state index is 6.05. The lowest BCUT2D eigenvalue weighted by atomic mass is 10.1. The van der Waals surface area contributed by atoms with Gasteiger partial charge in [-0.25, -0.2) is 4.98 Å². The molecule has 0 atom stereocenters. The van der Waals surface area contributed by atoms with Crippen LogP contribution in [-0.4, -0.2) is 22.3 Å². The van der Waals surface area contributed by atoms with Gasteiger partial charge in [0.15, 0.2) is 4.34 Å². The molecule has 2 N–H and O–H groups in total. The molecular weight excluding hydrogens is 304 g/mol. The number of aromatic nitrogens is 3. The van der Waals surface area contributed by atoms with Crippen LogP contribution >= 0.6 is 23.1 Å². The topological polar surface area (TPSA) is 73.9 Å². The van der Waals surface area contributed by atoms with Crippen LogP contribution in [-0.2, 0) is 5.75 Å². The molecule has 0 saturated carbocycles. The summed E-state index contributed by atoms with van der Waals surface area (Å²) in [7, 11) is 1.64. The summed E-state index contributed by atoms with van der Waals surface area (Å²) in [6.07, 6.45) is 0. The number of thioether (sulfide) groups is 1. The van der Waals surface area contributed by atoms with Crippen LogP contribution in [0.1, 0.15) is 10.6 Å². The van der Waals surface area contributed by atoms with E-state index in [-0.39, 0.29) is 0 Å². The van der Waals surface area contributed by atoms with Gasteiger partial charge >= 0.3 is 0 Å². The molecule has 0 unspecified atom stereocenters. The first-order valence-electron chi connectivity index (χ1n) is 6.32. The van der Waals surface area contributed by atoms with Gasteiger partial charge in [0.1, 0.15) is 16.6 Å². The highest BCUT2D eigenvalue weighted by Crippen LogP contribution is 2.29. The first-order chi connectivity index (χ1) is 10.2. The van der Waals surface area contributed by atoms with E-state index in [1.54, 1.807) is 30.2 Å². The molecule has 0 aliphatic rings. The van der Waals surface area contributed by atoms with Gasteiger partial charge in [-0.1, -0.05) is 23.1 Å². The number of nitrogen functional groups attached to an aromatic ring is 1. The average molecular weight is 318 g/mol. The van der Waals surface area contributed by atoms with Crippen LogP contribution in [0.4, 0.5) is 5.82 Å². The Morgan fingerprint density at radius 2 is 2.14 bits per heavy atom. The van der Waals surface area contributed by atoms with Crippen LogP contribution in [0.15, 0.2) is 28.6 Å². The SMILES string of the molecule is COc1ccc2cc(CSc3nnc(C)s3)c(N)nc2c1. The van der Waals surface area contributed by atoms with Gasteiger partial charge in [-0.15, -0.1) is 10.2 Å². The normalized spacial score (nSPS) is 11.0. The van der Waals surface area contributed by atoms with Gasteiger partial charge in [0.05, 0.1) is 12.6 Å². The monoisotopic (exact) mass is 318 g/mol. The minimum absolute atomic E-state index is 0.546. The van der Waals surface area contributed by atoms with Crippen LogP contribution in [0, 0.1) is 6.92 Å². The molecule has 21 heavy (non-hydrogen) atoms. The molecule has 1 aromatic carbocycles. The van der Waals surface area contributed by atoms with Crippen molar-refractivity contribution in [2.45, 2.75) is 17.0 Å². The largest absolute Gasteiger partial charge is 0.497 e. The van der Waals surface area contributed by atoms with Crippen molar-refractivity contribution in [1.29, 1.82) is 0 Å². The summed E-state index contributed by atoms with van der Waals surface area (Å²) in [5, 5.41) is 10.1. The molecule has 0 amide bonds. The second-order valence-electron chi connectivity index (χ2n) is 4.47. The summed E-state index contributed by atoms with van der Waals surface area (Å²) in [4.78, 5) is 4.45. The highest BCUT2D eigenvalue weighted by Gasteiger charge is 2.08. The first kappa shape index (κ1) is 14.1. The van der Waals surface area contributed by atoms with E-state index in [4.69, 9.17) is 10.5 Å². The Kier molecular flexibility index (Phi) is 3.94. The molecule has 0 aliphatic carbocycles. The van der Waals surface area contributed by atoms with Gasteiger partial charge < -0.3 is 10.5 Å². The summed E-state index contributed by atoms with van der Waals surface area (Å²) in [6, 6.07) is 7.86. The minimum Gasteiger partial charge on any atom is -0.497 e. The van der Waals surface area contributed by atoms with Crippen LogP contribution < -0.4 is 10.5 Å². The van der Waals surface area contributed by atoms with Crippen molar-refractivity contribution >= 4 is 39.8 Å². The molecule has 0 spiro atoms. The van der Waals surface area contributed by atoms with Crippen molar-refractivity contribution in [3.63, 3.8) is 0 Å². The molecule has 5 nitrogen and oxygen atoms in total. The molecule has 108 valence electrons.